The number of aryl methyl sites for hydroxylation is 2. The fourth-order valence-electron chi connectivity index (χ4n) is 3.31. The predicted octanol–water partition coefficient (Wildman–Crippen LogP) is 4.84. The standard InChI is InChI=1S/C23H21F3N6O3/c1-14-19(15(2)35-31-14)12-34-29-10-16-6-7-32-20(11-27-21(32)8-16)17-4-3-5-18(9-17)30-22(33)28-13-23(24,25)26/h3-11H,12-13H2,1-2H3,(H2,28,30,33)/b29-10+. The molecule has 4 aromatic rings. The number of anilines is 1. The SMILES string of the molecule is Cc1noc(C)c1CO/N=C/c1ccn2c(-c3cccc(NC(=O)NCC(F)(F)F)c3)cnc2c1. The van der Waals surface area contributed by atoms with E-state index in [1.807, 2.05) is 29.7 Å². The van der Waals surface area contributed by atoms with Crippen LogP contribution in [0.4, 0.5) is 23.7 Å². The second-order valence-electron chi connectivity index (χ2n) is 7.65. The van der Waals surface area contributed by atoms with E-state index in [2.05, 4.69) is 20.6 Å². The highest BCUT2D eigenvalue weighted by Gasteiger charge is 2.27. The highest BCUT2D eigenvalue weighted by Crippen LogP contribution is 2.24. The molecule has 0 aliphatic carbocycles. The molecule has 9 nitrogen and oxygen atoms in total. The number of rotatable bonds is 7. The van der Waals surface area contributed by atoms with E-state index in [4.69, 9.17) is 9.36 Å². The minimum absolute atomic E-state index is 0.242. The molecule has 3 heterocycles. The molecule has 0 spiro atoms. The van der Waals surface area contributed by atoms with Gasteiger partial charge in [-0.25, -0.2) is 9.78 Å². The monoisotopic (exact) mass is 486 g/mol. The van der Waals surface area contributed by atoms with Crippen LogP contribution in [0.15, 0.2) is 58.5 Å². The van der Waals surface area contributed by atoms with Gasteiger partial charge in [-0.1, -0.05) is 22.4 Å². The molecule has 35 heavy (non-hydrogen) atoms. The number of urea groups is 1. The number of fused-ring (bicyclic) bond motifs is 1. The largest absolute Gasteiger partial charge is 0.405 e. The van der Waals surface area contributed by atoms with E-state index < -0.39 is 18.8 Å². The molecule has 12 heteroatoms. The lowest BCUT2D eigenvalue weighted by molar-refractivity contribution is -0.122. The summed E-state index contributed by atoms with van der Waals surface area (Å²) in [4.78, 5) is 21.5. The average molecular weight is 486 g/mol. The molecule has 0 aliphatic heterocycles. The Morgan fingerprint density at radius 3 is 2.83 bits per heavy atom. The molecule has 3 aromatic heterocycles. The molecular weight excluding hydrogens is 465 g/mol. The number of hydrogen-bond donors (Lipinski definition) is 2. The number of oxime groups is 1. The number of amides is 2. The van der Waals surface area contributed by atoms with Gasteiger partial charge in [-0.15, -0.1) is 0 Å². The first-order valence-electron chi connectivity index (χ1n) is 10.5. The van der Waals surface area contributed by atoms with Crippen LogP contribution in [0.5, 0.6) is 0 Å². The summed E-state index contributed by atoms with van der Waals surface area (Å²) in [5, 5.41) is 12.0. The highest BCUT2D eigenvalue weighted by molar-refractivity contribution is 5.90. The lowest BCUT2D eigenvalue weighted by Crippen LogP contribution is -2.36. The van der Waals surface area contributed by atoms with Gasteiger partial charge in [-0.2, -0.15) is 13.2 Å². The first-order valence-corrected chi connectivity index (χ1v) is 10.5. The van der Waals surface area contributed by atoms with Crippen molar-refractivity contribution >= 4 is 23.6 Å². The molecule has 2 amide bonds. The molecule has 0 fully saturated rings. The van der Waals surface area contributed by atoms with E-state index >= 15 is 0 Å². The summed E-state index contributed by atoms with van der Waals surface area (Å²) in [6.07, 6.45) is 0.550. The topological polar surface area (TPSA) is 106 Å². The molecule has 2 N–H and O–H groups in total. The molecule has 0 bridgehead atoms. The van der Waals surface area contributed by atoms with Crippen molar-refractivity contribution in [1.82, 2.24) is 19.9 Å². The number of imidazole rings is 1. The number of carbonyl (C=O) groups is 1. The summed E-state index contributed by atoms with van der Waals surface area (Å²) in [5.41, 5.74) is 4.82. The van der Waals surface area contributed by atoms with Crippen molar-refractivity contribution in [2.75, 3.05) is 11.9 Å². The summed E-state index contributed by atoms with van der Waals surface area (Å²) in [6.45, 7) is 2.46. The Morgan fingerprint density at radius 1 is 1.26 bits per heavy atom. The molecule has 0 radical (unpaired) electrons. The van der Waals surface area contributed by atoms with Gasteiger partial charge < -0.3 is 20.0 Å². The van der Waals surface area contributed by atoms with Crippen molar-refractivity contribution in [3.63, 3.8) is 0 Å². The number of nitrogens with zero attached hydrogens (tertiary/aromatic N) is 4. The number of alkyl halides is 3. The van der Waals surface area contributed by atoms with E-state index in [-0.39, 0.29) is 6.61 Å². The maximum Gasteiger partial charge on any atom is 0.405 e. The van der Waals surface area contributed by atoms with Crippen molar-refractivity contribution in [2.45, 2.75) is 26.6 Å². The van der Waals surface area contributed by atoms with E-state index in [9.17, 15) is 18.0 Å². The molecule has 0 aliphatic rings. The van der Waals surface area contributed by atoms with Crippen LogP contribution in [0.1, 0.15) is 22.6 Å². The molecule has 0 atom stereocenters. The van der Waals surface area contributed by atoms with Crippen molar-refractivity contribution in [2.24, 2.45) is 5.16 Å². The van der Waals surface area contributed by atoms with Gasteiger partial charge in [0, 0.05) is 23.0 Å². The zero-order valence-electron chi connectivity index (χ0n) is 18.8. The number of halogens is 3. The van der Waals surface area contributed by atoms with Gasteiger partial charge in [0.05, 0.1) is 29.4 Å². The third-order valence-corrected chi connectivity index (χ3v) is 5.07. The van der Waals surface area contributed by atoms with Gasteiger partial charge in [0.25, 0.3) is 0 Å². The molecule has 1 aromatic carbocycles. The van der Waals surface area contributed by atoms with Crippen molar-refractivity contribution < 1.29 is 27.3 Å². The average Bonchev–Trinajstić information content (AvgIpc) is 3.38. The number of benzene rings is 1. The third-order valence-electron chi connectivity index (χ3n) is 5.07. The zero-order chi connectivity index (χ0) is 25.0. The highest BCUT2D eigenvalue weighted by atomic mass is 19.4. The van der Waals surface area contributed by atoms with Gasteiger partial charge in [-0.3, -0.25) is 4.40 Å². The second-order valence-corrected chi connectivity index (χ2v) is 7.65. The summed E-state index contributed by atoms with van der Waals surface area (Å²) in [7, 11) is 0. The van der Waals surface area contributed by atoms with Gasteiger partial charge >= 0.3 is 12.2 Å². The van der Waals surface area contributed by atoms with Gasteiger partial charge in [0.15, 0.2) is 0 Å². The van der Waals surface area contributed by atoms with Crippen LogP contribution < -0.4 is 10.6 Å². The van der Waals surface area contributed by atoms with Crippen LogP contribution in [0, 0.1) is 13.8 Å². The minimum Gasteiger partial charge on any atom is -0.391 e. The van der Waals surface area contributed by atoms with E-state index in [0.717, 1.165) is 28.1 Å². The first kappa shape index (κ1) is 23.8. The number of pyridine rings is 1. The number of aromatic nitrogens is 3. The zero-order valence-corrected chi connectivity index (χ0v) is 18.8. The van der Waals surface area contributed by atoms with Crippen LogP contribution >= 0.6 is 0 Å². The van der Waals surface area contributed by atoms with Crippen molar-refractivity contribution in [3.8, 4) is 11.3 Å². The van der Waals surface area contributed by atoms with E-state index in [0.29, 0.717) is 17.1 Å². The summed E-state index contributed by atoms with van der Waals surface area (Å²) >= 11 is 0. The van der Waals surface area contributed by atoms with Gasteiger partial charge in [0.1, 0.15) is 24.6 Å². The lowest BCUT2D eigenvalue weighted by Gasteiger charge is -2.10. The molecule has 0 unspecified atom stereocenters. The second kappa shape index (κ2) is 9.87. The summed E-state index contributed by atoms with van der Waals surface area (Å²) in [5.74, 6) is 0.685. The van der Waals surface area contributed by atoms with Crippen LogP contribution in [-0.4, -0.2) is 39.5 Å². The number of nitrogens with one attached hydrogen (secondary N) is 2. The van der Waals surface area contributed by atoms with E-state index in [1.54, 1.807) is 48.9 Å². The molecule has 0 saturated carbocycles. The van der Waals surface area contributed by atoms with Crippen LogP contribution in [0.25, 0.3) is 16.9 Å². The smallest absolute Gasteiger partial charge is 0.391 e. The summed E-state index contributed by atoms with van der Waals surface area (Å²) < 4.78 is 43.8. The van der Waals surface area contributed by atoms with Crippen LogP contribution in [0.3, 0.4) is 0 Å². The van der Waals surface area contributed by atoms with Crippen LogP contribution in [-0.2, 0) is 11.4 Å². The maximum absolute atomic E-state index is 12.3. The Hall–Kier alpha value is -4.35. The van der Waals surface area contributed by atoms with Crippen molar-refractivity contribution in [1.29, 1.82) is 0 Å². The predicted molar refractivity (Wildman–Crippen MR) is 122 cm³/mol. The number of carbonyl (C=O) groups excluding carboxylic acids is 1. The Morgan fingerprint density at radius 2 is 2.09 bits per heavy atom. The lowest BCUT2D eigenvalue weighted by atomic mass is 10.1. The van der Waals surface area contributed by atoms with Gasteiger partial charge in [-0.05, 0) is 38.1 Å². The third kappa shape index (κ3) is 5.96. The number of hydrogen-bond acceptors (Lipinski definition) is 6. The quantitative estimate of drug-likeness (QED) is 0.287. The normalized spacial score (nSPS) is 11.8. The Balaban J connectivity index is 1.43. The molecular formula is C23H21F3N6O3. The van der Waals surface area contributed by atoms with Crippen molar-refractivity contribution in [3.05, 3.63) is 71.4 Å². The minimum atomic E-state index is -4.49. The Labute approximate surface area is 197 Å². The summed E-state index contributed by atoms with van der Waals surface area (Å²) in [6, 6.07) is 9.42. The molecule has 0 saturated heterocycles. The first-order chi connectivity index (χ1) is 16.7. The maximum atomic E-state index is 12.3. The van der Waals surface area contributed by atoms with E-state index in [1.165, 1.54) is 0 Å². The Bertz CT molecular complexity index is 1360. The fraction of sp³-hybridized carbons (Fsp3) is 0.217. The molecule has 4 rings (SSSR count). The van der Waals surface area contributed by atoms with Gasteiger partial charge in [0.2, 0.25) is 0 Å². The Kier molecular flexibility index (Phi) is 6.71. The fourth-order valence-corrected chi connectivity index (χ4v) is 3.31. The van der Waals surface area contributed by atoms with Crippen LogP contribution in [0.2, 0.25) is 0 Å². The molecule has 182 valence electrons.